The van der Waals surface area contributed by atoms with E-state index in [2.05, 4.69) is 49.1 Å². The number of likely N-dealkylation sites (N-methyl/N-ethyl adjacent to an activating group) is 1. The minimum absolute atomic E-state index is 0.0125. The van der Waals surface area contributed by atoms with E-state index in [-0.39, 0.29) is 56.7 Å². The zero-order valence-electron chi connectivity index (χ0n) is 32.8. The zero-order chi connectivity index (χ0) is 42.4. The molecule has 0 aliphatic carbocycles. The van der Waals surface area contributed by atoms with Crippen LogP contribution in [-0.4, -0.2) is 120 Å². The van der Waals surface area contributed by atoms with Crippen molar-refractivity contribution in [2.24, 2.45) is 11.7 Å². The van der Waals surface area contributed by atoms with Gasteiger partial charge in [-0.1, -0.05) is 54.9 Å². The number of anilines is 1. The Hall–Kier alpha value is -5.20. The lowest BCUT2D eigenvalue weighted by Gasteiger charge is -2.25. The number of unbranched alkanes of at least 4 members (excludes halogenated alkanes) is 2. The normalized spacial score (nSPS) is 12.3. The second kappa shape index (κ2) is 25.8. The van der Waals surface area contributed by atoms with Crippen LogP contribution in [0.2, 0.25) is 0 Å². The molecule has 8 amide bonds. The maximum Gasteiger partial charge on any atom is 0.409 e. The molecule has 0 spiro atoms. The van der Waals surface area contributed by atoms with E-state index in [0.29, 0.717) is 54.4 Å². The molecular weight excluding hydrogens is 796 g/mol. The van der Waals surface area contributed by atoms with Crippen molar-refractivity contribution in [1.29, 1.82) is 0 Å². The molecule has 0 unspecified atom stereocenters. The van der Waals surface area contributed by atoms with Crippen LogP contribution in [-0.2, 0) is 40.1 Å². The Balaban J connectivity index is 2.77. The first kappa shape index (κ1) is 48.8. The average Bonchev–Trinajstić information content (AvgIpc) is 3.16. The number of halogens is 1. The van der Waals surface area contributed by atoms with Crippen LogP contribution < -0.4 is 32.3 Å². The molecule has 1 aromatic rings. The highest BCUT2D eigenvalue weighted by Gasteiger charge is 2.29. The first-order valence-electron chi connectivity index (χ1n) is 18.3. The fraction of sp³-hybridized carbons (Fsp3) is 0.568. The molecule has 3 atom stereocenters. The second-order valence-electron chi connectivity index (χ2n) is 13.5. The number of carboxylic acids is 1. The van der Waals surface area contributed by atoms with Gasteiger partial charge in [0.05, 0.1) is 0 Å². The van der Waals surface area contributed by atoms with Crippen LogP contribution in [0, 0.1) is 5.92 Å². The minimum Gasteiger partial charge on any atom is -0.480 e. The molecule has 0 heterocycles. The Morgan fingerprint density at radius 1 is 0.875 bits per heavy atom. The van der Waals surface area contributed by atoms with Crippen molar-refractivity contribution < 1.29 is 48.2 Å². The van der Waals surface area contributed by atoms with Crippen LogP contribution >= 0.6 is 15.9 Å². The Bertz CT molecular complexity index is 1520. The summed E-state index contributed by atoms with van der Waals surface area (Å²) >= 11 is 3.18. The predicted molar refractivity (Wildman–Crippen MR) is 212 cm³/mol. The summed E-state index contributed by atoms with van der Waals surface area (Å²) < 4.78 is 5.31. The van der Waals surface area contributed by atoms with E-state index in [0.717, 1.165) is 4.90 Å². The summed E-state index contributed by atoms with van der Waals surface area (Å²) in [5.41, 5.74) is 6.56. The Labute approximate surface area is 336 Å². The molecule has 0 radical (unpaired) electrons. The molecular formula is C37H57BrN8O10. The number of ether oxygens (including phenoxy) is 1. The molecule has 0 aromatic heterocycles. The molecule has 1 aromatic carbocycles. The van der Waals surface area contributed by atoms with Crippen LogP contribution in [0.4, 0.5) is 15.3 Å². The van der Waals surface area contributed by atoms with Gasteiger partial charge in [-0.3, -0.25) is 24.0 Å². The highest BCUT2D eigenvalue weighted by Crippen LogP contribution is 2.14. The number of rotatable bonds is 25. The monoisotopic (exact) mass is 852 g/mol. The number of benzene rings is 1. The van der Waals surface area contributed by atoms with Crippen molar-refractivity contribution in [3.05, 3.63) is 42.0 Å². The van der Waals surface area contributed by atoms with E-state index in [9.17, 15) is 38.4 Å². The molecule has 0 aliphatic heterocycles. The predicted octanol–water partition coefficient (Wildman–Crippen LogP) is 2.22. The van der Waals surface area contributed by atoms with Gasteiger partial charge in [0.15, 0.2) is 0 Å². The van der Waals surface area contributed by atoms with Gasteiger partial charge in [-0.15, -0.1) is 0 Å². The van der Waals surface area contributed by atoms with Crippen LogP contribution in [0.5, 0.6) is 0 Å². The van der Waals surface area contributed by atoms with Crippen molar-refractivity contribution >= 4 is 69.2 Å². The first-order valence-corrected chi connectivity index (χ1v) is 19.4. The van der Waals surface area contributed by atoms with E-state index in [1.807, 2.05) is 0 Å². The molecule has 19 heteroatoms. The van der Waals surface area contributed by atoms with E-state index in [4.69, 9.17) is 15.6 Å². The topological polar surface area (TPSA) is 259 Å². The molecule has 312 valence electrons. The third-order valence-electron chi connectivity index (χ3n) is 8.60. The summed E-state index contributed by atoms with van der Waals surface area (Å²) in [6.45, 7) is 9.08. The number of nitrogens with zero attached hydrogens (tertiary/aromatic N) is 2. The maximum absolute atomic E-state index is 13.4. The Morgan fingerprint density at radius 2 is 1.52 bits per heavy atom. The van der Waals surface area contributed by atoms with Gasteiger partial charge in [-0.25, -0.2) is 14.4 Å². The molecule has 0 fully saturated rings. The molecule has 1 rings (SSSR count). The van der Waals surface area contributed by atoms with Crippen LogP contribution in [0.1, 0.15) is 71.3 Å². The fourth-order valence-corrected chi connectivity index (χ4v) is 5.14. The summed E-state index contributed by atoms with van der Waals surface area (Å²) in [7, 11) is 2.82. The van der Waals surface area contributed by atoms with Gasteiger partial charge in [0, 0.05) is 63.2 Å². The van der Waals surface area contributed by atoms with Crippen molar-refractivity contribution in [3.63, 3.8) is 0 Å². The minimum atomic E-state index is -1.14. The highest BCUT2D eigenvalue weighted by molar-refractivity contribution is 9.09. The standard InChI is InChI=1S/C37H57BrN8O10/c1-23(2)31(44-29(47)12-8-7-9-18-40-32(49)24(3)21-38)34(51)43-28(11-10-19-41-36(39)54)33(50)42-27-15-13-26(14-16-27)22-56-37(55)45(5)20-17-30(48)46(6)25(4)35(52)53/h13-16,23,25,28,31H,3,7-12,17-22H2,1-2,4-6H3,(H,40,49)(H,42,50)(H,43,51)(H,44,47)(H,52,53)(H3,39,41,54)/t25-,28-,31-/m0/s1. The fourth-order valence-electron chi connectivity index (χ4n) is 4.89. The number of amides is 8. The van der Waals surface area contributed by atoms with Crippen molar-refractivity contribution in [2.45, 2.75) is 90.4 Å². The van der Waals surface area contributed by atoms with Gasteiger partial charge in [0.1, 0.15) is 24.7 Å². The van der Waals surface area contributed by atoms with E-state index < -0.39 is 53.9 Å². The van der Waals surface area contributed by atoms with Gasteiger partial charge < -0.3 is 52.0 Å². The summed E-state index contributed by atoms with van der Waals surface area (Å²) in [4.78, 5) is 101. The smallest absolute Gasteiger partial charge is 0.409 e. The van der Waals surface area contributed by atoms with Crippen LogP contribution in [0.25, 0.3) is 0 Å². The molecule has 0 saturated carbocycles. The number of nitrogens with two attached hydrogens (primary N) is 1. The number of primary amides is 1. The van der Waals surface area contributed by atoms with Crippen molar-refractivity contribution in [1.82, 2.24) is 31.1 Å². The molecule has 18 nitrogen and oxygen atoms in total. The van der Waals surface area contributed by atoms with Crippen molar-refractivity contribution in [2.75, 3.05) is 44.4 Å². The first-order chi connectivity index (χ1) is 26.4. The number of hydrogen-bond acceptors (Lipinski definition) is 9. The van der Waals surface area contributed by atoms with Crippen LogP contribution in [0.3, 0.4) is 0 Å². The SMILES string of the molecule is C=C(CBr)C(=O)NCCCCCC(=O)N[C@H](C(=O)N[C@@H](CCCNC(N)=O)C(=O)Nc1ccc(COC(=O)N(C)CCC(=O)N(C)[C@@H](C)C(=O)O)cc1)C(C)C. The number of carboxylic acid groups (broad SMARTS) is 1. The lowest BCUT2D eigenvalue weighted by molar-refractivity contribution is -0.148. The molecule has 0 aliphatic rings. The lowest BCUT2D eigenvalue weighted by atomic mass is 10.0. The number of carbonyl (C=O) groups is 8. The largest absolute Gasteiger partial charge is 0.480 e. The summed E-state index contributed by atoms with van der Waals surface area (Å²) in [5.74, 6) is -3.55. The zero-order valence-corrected chi connectivity index (χ0v) is 34.4. The average molecular weight is 854 g/mol. The third-order valence-corrected chi connectivity index (χ3v) is 9.28. The van der Waals surface area contributed by atoms with Crippen molar-refractivity contribution in [3.8, 4) is 0 Å². The van der Waals surface area contributed by atoms with Gasteiger partial charge in [0.2, 0.25) is 29.5 Å². The van der Waals surface area contributed by atoms with E-state index in [1.165, 1.54) is 25.9 Å². The van der Waals surface area contributed by atoms with E-state index in [1.54, 1.807) is 38.1 Å². The second-order valence-corrected chi connectivity index (χ2v) is 14.1. The summed E-state index contributed by atoms with van der Waals surface area (Å²) in [5, 5.41) is 22.9. The number of alkyl halides is 1. The van der Waals surface area contributed by atoms with Gasteiger partial charge in [-0.05, 0) is 56.2 Å². The van der Waals surface area contributed by atoms with E-state index >= 15 is 0 Å². The molecule has 0 saturated heterocycles. The molecule has 0 bridgehead atoms. The number of hydrogen-bond donors (Lipinski definition) is 7. The highest BCUT2D eigenvalue weighted by atomic mass is 79.9. The quantitative estimate of drug-likeness (QED) is 0.0429. The Kier molecular flexibility index (Phi) is 22.5. The third kappa shape index (κ3) is 18.9. The summed E-state index contributed by atoms with van der Waals surface area (Å²) in [6.07, 6.45) is 1.71. The maximum atomic E-state index is 13.4. The van der Waals surface area contributed by atoms with Gasteiger partial charge >= 0.3 is 18.1 Å². The number of carbonyl (C=O) groups excluding carboxylic acids is 7. The van der Waals surface area contributed by atoms with Crippen LogP contribution in [0.15, 0.2) is 36.4 Å². The number of aliphatic carboxylic acids is 1. The van der Waals surface area contributed by atoms with Gasteiger partial charge in [-0.2, -0.15) is 0 Å². The summed E-state index contributed by atoms with van der Waals surface area (Å²) in [6, 6.07) is 2.71. The molecule has 8 N–H and O–H groups in total. The number of nitrogens with one attached hydrogen (secondary N) is 5. The molecule has 56 heavy (non-hydrogen) atoms. The van der Waals surface area contributed by atoms with Gasteiger partial charge in [0.25, 0.3) is 0 Å². The Morgan fingerprint density at radius 3 is 2.11 bits per heavy atom. The lowest BCUT2D eigenvalue weighted by Crippen LogP contribution is -2.54. The number of urea groups is 1.